The molecule has 18 heavy (non-hydrogen) atoms. The Bertz CT molecular complexity index is 581. The van der Waals surface area contributed by atoms with Crippen molar-refractivity contribution in [2.45, 2.75) is 0 Å². The standard InChI is InChI=1S/C14H12N2O2/c15-14(18)11-6-3-10(4-7-11)5-8-13(17)12-2-1-9-16-12/h1-9,16H,(H2,15,18)/b8-5+. The third-order valence-electron chi connectivity index (χ3n) is 2.49. The predicted octanol–water partition coefficient (Wildman–Crippen LogP) is 2.01. The third kappa shape index (κ3) is 2.74. The van der Waals surface area contributed by atoms with Crippen molar-refractivity contribution in [1.82, 2.24) is 4.98 Å². The molecule has 0 saturated carbocycles. The lowest BCUT2D eigenvalue weighted by Crippen LogP contribution is -2.10. The number of carbonyl (C=O) groups is 2. The van der Waals surface area contributed by atoms with Crippen LogP contribution in [-0.2, 0) is 0 Å². The number of allylic oxidation sites excluding steroid dienone is 1. The number of hydrogen-bond donors (Lipinski definition) is 2. The molecular weight excluding hydrogens is 228 g/mol. The number of amides is 1. The molecule has 0 bridgehead atoms. The van der Waals surface area contributed by atoms with Crippen molar-refractivity contribution in [3.63, 3.8) is 0 Å². The highest BCUT2D eigenvalue weighted by Gasteiger charge is 2.01. The van der Waals surface area contributed by atoms with Gasteiger partial charge in [-0.3, -0.25) is 9.59 Å². The molecule has 3 N–H and O–H groups in total. The van der Waals surface area contributed by atoms with Crippen molar-refractivity contribution in [2.75, 3.05) is 0 Å². The Morgan fingerprint density at radius 3 is 2.39 bits per heavy atom. The smallest absolute Gasteiger partial charge is 0.248 e. The fraction of sp³-hybridized carbons (Fsp3) is 0. The van der Waals surface area contributed by atoms with E-state index in [-0.39, 0.29) is 5.78 Å². The fourth-order valence-electron chi connectivity index (χ4n) is 1.50. The van der Waals surface area contributed by atoms with Crippen LogP contribution >= 0.6 is 0 Å². The van der Waals surface area contributed by atoms with E-state index < -0.39 is 5.91 Å². The van der Waals surface area contributed by atoms with Crippen LogP contribution in [0.4, 0.5) is 0 Å². The quantitative estimate of drug-likeness (QED) is 0.633. The van der Waals surface area contributed by atoms with Crippen LogP contribution in [0.3, 0.4) is 0 Å². The molecule has 0 fully saturated rings. The molecule has 1 heterocycles. The first-order valence-corrected chi connectivity index (χ1v) is 5.42. The summed E-state index contributed by atoms with van der Waals surface area (Å²) in [6, 6.07) is 10.2. The molecule has 4 heteroatoms. The Balaban J connectivity index is 2.09. The monoisotopic (exact) mass is 240 g/mol. The maximum atomic E-state index is 11.7. The fourth-order valence-corrected chi connectivity index (χ4v) is 1.50. The van der Waals surface area contributed by atoms with E-state index in [1.54, 1.807) is 48.7 Å². The number of aromatic nitrogens is 1. The lowest BCUT2D eigenvalue weighted by molar-refractivity contribution is 0.0998. The Labute approximate surface area is 104 Å². The minimum absolute atomic E-state index is 0.0982. The van der Waals surface area contributed by atoms with Gasteiger partial charge in [0.2, 0.25) is 11.7 Å². The normalized spacial score (nSPS) is 10.7. The zero-order chi connectivity index (χ0) is 13.0. The highest BCUT2D eigenvalue weighted by Crippen LogP contribution is 2.07. The molecule has 1 aromatic carbocycles. The number of aromatic amines is 1. The van der Waals surface area contributed by atoms with E-state index in [1.807, 2.05) is 0 Å². The van der Waals surface area contributed by atoms with E-state index in [9.17, 15) is 9.59 Å². The summed E-state index contributed by atoms with van der Waals surface area (Å²) in [5, 5.41) is 0. The SMILES string of the molecule is NC(=O)c1ccc(/C=C/C(=O)c2ccc[nH]2)cc1. The van der Waals surface area contributed by atoms with Gasteiger partial charge in [-0.2, -0.15) is 0 Å². The van der Waals surface area contributed by atoms with Crippen LogP contribution in [0.5, 0.6) is 0 Å². The minimum atomic E-state index is -0.465. The Hall–Kier alpha value is -2.62. The van der Waals surface area contributed by atoms with Crippen LogP contribution in [0.25, 0.3) is 6.08 Å². The Kier molecular flexibility index (Phi) is 3.38. The van der Waals surface area contributed by atoms with E-state index >= 15 is 0 Å². The first kappa shape index (κ1) is 11.9. The van der Waals surface area contributed by atoms with E-state index in [4.69, 9.17) is 5.73 Å². The number of benzene rings is 1. The molecule has 0 radical (unpaired) electrons. The van der Waals surface area contributed by atoms with Gasteiger partial charge < -0.3 is 10.7 Å². The summed E-state index contributed by atoms with van der Waals surface area (Å²) < 4.78 is 0. The van der Waals surface area contributed by atoms with Gasteiger partial charge in [0, 0.05) is 11.8 Å². The van der Waals surface area contributed by atoms with Gasteiger partial charge in [-0.1, -0.05) is 18.2 Å². The van der Waals surface area contributed by atoms with E-state index in [0.717, 1.165) is 5.56 Å². The molecule has 90 valence electrons. The summed E-state index contributed by atoms with van der Waals surface area (Å²) in [5.41, 5.74) is 6.96. The molecule has 0 spiro atoms. The Morgan fingerprint density at radius 2 is 1.83 bits per heavy atom. The van der Waals surface area contributed by atoms with Crippen LogP contribution in [0.2, 0.25) is 0 Å². The zero-order valence-electron chi connectivity index (χ0n) is 9.59. The molecule has 0 unspecified atom stereocenters. The number of nitrogens with one attached hydrogen (secondary N) is 1. The first-order chi connectivity index (χ1) is 8.66. The highest BCUT2D eigenvalue weighted by atomic mass is 16.1. The number of rotatable bonds is 4. The van der Waals surface area contributed by atoms with Crippen molar-refractivity contribution in [3.8, 4) is 0 Å². The van der Waals surface area contributed by atoms with Gasteiger partial charge in [-0.05, 0) is 35.9 Å². The van der Waals surface area contributed by atoms with Crippen LogP contribution in [0, 0.1) is 0 Å². The maximum absolute atomic E-state index is 11.7. The lowest BCUT2D eigenvalue weighted by atomic mass is 10.1. The van der Waals surface area contributed by atoms with Crippen LogP contribution in [0.1, 0.15) is 26.4 Å². The number of nitrogens with two attached hydrogens (primary N) is 1. The van der Waals surface area contributed by atoms with Gasteiger partial charge in [0.25, 0.3) is 0 Å². The minimum Gasteiger partial charge on any atom is -0.366 e. The predicted molar refractivity (Wildman–Crippen MR) is 69.1 cm³/mol. The number of primary amides is 1. The molecule has 2 aromatic rings. The molecule has 2 rings (SSSR count). The number of hydrogen-bond acceptors (Lipinski definition) is 2. The van der Waals surface area contributed by atoms with Crippen LogP contribution in [0.15, 0.2) is 48.7 Å². The second-order valence-electron chi connectivity index (χ2n) is 3.77. The van der Waals surface area contributed by atoms with Gasteiger partial charge in [0.05, 0.1) is 5.69 Å². The van der Waals surface area contributed by atoms with Crippen molar-refractivity contribution in [1.29, 1.82) is 0 Å². The van der Waals surface area contributed by atoms with Crippen LogP contribution in [-0.4, -0.2) is 16.7 Å². The van der Waals surface area contributed by atoms with Gasteiger partial charge in [0.1, 0.15) is 0 Å². The molecule has 1 amide bonds. The maximum Gasteiger partial charge on any atom is 0.248 e. The van der Waals surface area contributed by atoms with Crippen LogP contribution < -0.4 is 5.73 Å². The van der Waals surface area contributed by atoms with Crippen molar-refractivity contribution >= 4 is 17.8 Å². The van der Waals surface area contributed by atoms with Crippen molar-refractivity contribution in [2.24, 2.45) is 5.73 Å². The first-order valence-electron chi connectivity index (χ1n) is 5.42. The van der Waals surface area contributed by atoms with E-state index in [1.165, 1.54) is 6.08 Å². The molecule has 0 aliphatic heterocycles. The largest absolute Gasteiger partial charge is 0.366 e. The summed E-state index contributed by atoms with van der Waals surface area (Å²) in [6.07, 6.45) is 4.86. The van der Waals surface area contributed by atoms with Gasteiger partial charge in [0.15, 0.2) is 0 Å². The lowest BCUT2D eigenvalue weighted by Gasteiger charge is -1.96. The molecule has 1 aromatic heterocycles. The number of H-pyrrole nitrogens is 1. The second-order valence-corrected chi connectivity index (χ2v) is 3.77. The third-order valence-corrected chi connectivity index (χ3v) is 2.49. The van der Waals surface area contributed by atoms with Crippen molar-refractivity contribution in [3.05, 3.63) is 65.5 Å². The molecular formula is C14H12N2O2. The second kappa shape index (κ2) is 5.14. The molecule has 0 saturated heterocycles. The van der Waals surface area contributed by atoms with Gasteiger partial charge in [-0.25, -0.2) is 0 Å². The van der Waals surface area contributed by atoms with E-state index in [2.05, 4.69) is 4.98 Å². The molecule has 0 atom stereocenters. The van der Waals surface area contributed by atoms with Gasteiger partial charge in [-0.15, -0.1) is 0 Å². The Morgan fingerprint density at radius 1 is 1.11 bits per heavy atom. The molecule has 0 aliphatic rings. The van der Waals surface area contributed by atoms with Gasteiger partial charge >= 0.3 is 0 Å². The topological polar surface area (TPSA) is 76.0 Å². The summed E-state index contributed by atoms with van der Waals surface area (Å²) in [7, 11) is 0. The summed E-state index contributed by atoms with van der Waals surface area (Å²) >= 11 is 0. The summed E-state index contributed by atoms with van der Waals surface area (Å²) in [4.78, 5) is 25.4. The van der Waals surface area contributed by atoms with E-state index in [0.29, 0.717) is 11.3 Å². The number of ketones is 1. The molecule has 0 aliphatic carbocycles. The highest BCUT2D eigenvalue weighted by molar-refractivity contribution is 6.05. The van der Waals surface area contributed by atoms with Crippen molar-refractivity contribution < 1.29 is 9.59 Å². The summed E-state index contributed by atoms with van der Waals surface area (Å²) in [5.74, 6) is -0.563. The number of carbonyl (C=O) groups excluding carboxylic acids is 2. The molecule has 4 nitrogen and oxygen atoms in total. The summed E-state index contributed by atoms with van der Waals surface area (Å²) in [6.45, 7) is 0. The average molecular weight is 240 g/mol. The average Bonchev–Trinajstić information content (AvgIpc) is 2.90. The zero-order valence-corrected chi connectivity index (χ0v) is 9.59.